The Labute approximate surface area is 167 Å². The minimum absolute atomic E-state index is 0.0360. The molecule has 0 spiro atoms. The van der Waals surface area contributed by atoms with Gasteiger partial charge < -0.3 is 9.64 Å². The molecule has 0 unspecified atom stereocenters. The molecule has 3 amide bonds. The van der Waals surface area contributed by atoms with E-state index in [0.29, 0.717) is 11.1 Å². The highest BCUT2D eigenvalue weighted by atomic mass is 16.5. The monoisotopic (exact) mass is 392 g/mol. The van der Waals surface area contributed by atoms with Crippen LogP contribution in [-0.4, -0.2) is 41.9 Å². The van der Waals surface area contributed by atoms with Crippen LogP contribution in [0.25, 0.3) is 0 Å². The van der Waals surface area contributed by atoms with Crippen molar-refractivity contribution < 1.29 is 23.9 Å². The van der Waals surface area contributed by atoms with Crippen LogP contribution in [0.1, 0.15) is 38.3 Å². The minimum atomic E-state index is -0.640. The second-order valence-electron chi connectivity index (χ2n) is 7.37. The number of hydrogen-bond acceptors (Lipinski definition) is 5. The molecule has 29 heavy (non-hydrogen) atoms. The van der Waals surface area contributed by atoms with E-state index < -0.39 is 30.4 Å². The normalized spacial score (nSPS) is 18.4. The zero-order chi connectivity index (χ0) is 20.7. The Morgan fingerprint density at radius 3 is 2.31 bits per heavy atom. The zero-order valence-corrected chi connectivity index (χ0v) is 16.2. The van der Waals surface area contributed by atoms with E-state index in [2.05, 4.69) is 0 Å². The third-order valence-electron chi connectivity index (χ3n) is 5.32. The van der Waals surface area contributed by atoms with Crippen LogP contribution in [0.4, 0.5) is 5.69 Å². The predicted octanol–water partition coefficient (Wildman–Crippen LogP) is 2.45. The predicted molar refractivity (Wildman–Crippen MR) is 104 cm³/mol. The van der Waals surface area contributed by atoms with Crippen molar-refractivity contribution in [1.29, 1.82) is 0 Å². The number of benzene rings is 2. The first kappa shape index (κ1) is 18.9. The lowest BCUT2D eigenvalue weighted by atomic mass is 10.1. The van der Waals surface area contributed by atoms with Gasteiger partial charge in [-0.3, -0.25) is 19.2 Å². The van der Waals surface area contributed by atoms with Gasteiger partial charge in [0.2, 0.25) is 5.91 Å². The minimum Gasteiger partial charge on any atom is -0.443 e. The highest BCUT2D eigenvalue weighted by Gasteiger charge is 2.39. The quantitative estimate of drug-likeness (QED) is 0.590. The van der Waals surface area contributed by atoms with E-state index in [9.17, 15) is 19.2 Å². The number of carbonyl (C=O) groups excluding carboxylic acids is 4. The topological polar surface area (TPSA) is 84.0 Å². The number of rotatable bonds is 4. The molecule has 2 aliphatic heterocycles. The molecular weight excluding hydrogens is 372 g/mol. The summed E-state index contributed by atoms with van der Waals surface area (Å²) in [5, 5.41) is 0. The molecule has 0 aliphatic carbocycles. The first-order valence-electron chi connectivity index (χ1n) is 9.36. The third kappa shape index (κ3) is 3.29. The standard InChI is InChI=1S/C22H20N2O5/c1-13-7-8-18(14(2)9-13)23-11-15(10-19(23)25)22(28)29-12-24-20(26)16-5-3-4-6-17(16)21(24)27/h3-9,15H,10-12H2,1-2H3/t15-/m1/s1. The van der Waals surface area contributed by atoms with Crippen molar-refractivity contribution in [2.45, 2.75) is 20.3 Å². The van der Waals surface area contributed by atoms with E-state index in [1.807, 2.05) is 32.0 Å². The Bertz CT molecular complexity index is 1010. The van der Waals surface area contributed by atoms with Crippen LogP contribution in [0.3, 0.4) is 0 Å². The van der Waals surface area contributed by atoms with Crippen LogP contribution in [0.5, 0.6) is 0 Å². The van der Waals surface area contributed by atoms with Crippen molar-refractivity contribution in [3.8, 4) is 0 Å². The molecule has 2 heterocycles. The van der Waals surface area contributed by atoms with Crippen LogP contribution in [-0.2, 0) is 14.3 Å². The van der Waals surface area contributed by atoms with Crippen molar-refractivity contribution in [3.05, 3.63) is 64.7 Å². The van der Waals surface area contributed by atoms with E-state index in [-0.39, 0.29) is 18.9 Å². The maximum atomic E-state index is 12.5. The lowest BCUT2D eigenvalue weighted by Crippen LogP contribution is -2.35. The van der Waals surface area contributed by atoms with E-state index in [1.54, 1.807) is 29.2 Å². The van der Waals surface area contributed by atoms with Gasteiger partial charge in [-0.2, -0.15) is 0 Å². The molecule has 4 rings (SSSR count). The summed E-state index contributed by atoms with van der Waals surface area (Å²) in [5.41, 5.74) is 3.42. The largest absolute Gasteiger partial charge is 0.443 e. The molecule has 0 saturated carbocycles. The first-order valence-corrected chi connectivity index (χ1v) is 9.36. The summed E-state index contributed by atoms with van der Waals surface area (Å²) in [7, 11) is 0. The Balaban J connectivity index is 1.41. The third-order valence-corrected chi connectivity index (χ3v) is 5.32. The van der Waals surface area contributed by atoms with Gasteiger partial charge in [0.15, 0.2) is 6.73 Å². The maximum absolute atomic E-state index is 12.5. The van der Waals surface area contributed by atoms with Crippen molar-refractivity contribution in [1.82, 2.24) is 4.90 Å². The van der Waals surface area contributed by atoms with Crippen LogP contribution in [0.15, 0.2) is 42.5 Å². The lowest BCUT2D eigenvalue weighted by Gasteiger charge is -2.20. The van der Waals surface area contributed by atoms with E-state index in [4.69, 9.17) is 4.74 Å². The van der Waals surface area contributed by atoms with Gasteiger partial charge in [0.05, 0.1) is 17.0 Å². The molecule has 1 atom stereocenters. The van der Waals surface area contributed by atoms with E-state index in [1.165, 1.54) is 0 Å². The second kappa shape index (κ2) is 7.16. The molecule has 2 aromatic carbocycles. The summed E-state index contributed by atoms with van der Waals surface area (Å²) in [6.07, 6.45) is 0.0360. The number of esters is 1. The summed E-state index contributed by atoms with van der Waals surface area (Å²) in [5.74, 6) is -2.37. The molecular formula is C22H20N2O5. The number of carbonyl (C=O) groups is 4. The molecule has 1 saturated heterocycles. The average Bonchev–Trinajstić information content (AvgIpc) is 3.19. The molecule has 2 aromatic rings. The van der Waals surface area contributed by atoms with Gasteiger partial charge in [-0.25, -0.2) is 4.90 Å². The first-order chi connectivity index (χ1) is 13.9. The highest BCUT2D eigenvalue weighted by molar-refractivity contribution is 6.21. The number of imide groups is 1. The van der Waals surface area contributed by atoms with E-state index >= 15 is 0 Å². The van der Waals surface area contributed by atoms with Gasteiger partial charge >= 0.3 is 5.97 Å². The summed E-state index contributed by atoms with van der Waals surface area (Å²) in [6.45, 7) is 3.65. The summed E-state index contributed by atoms with van der Waals surface area (Å²) in [4.78, 5) is 52.1. The molecule has 0 radical (unpaired) electrons. The molecule has 7 heteroatoms. The van der Waals surface area contributed by atoms with Crippen molar-refractivity contribution >= 4 is 29.4 Å². The number of nitrogens with zero attached hydrogens (tertiary/aromatic N) is 2. The highest BCUT2D eigenvalue weighted by Crippen LogP contribution is 2.29. The van der Waals surface area contributed by atoms with Crippen LogP contribution in [0, 0.1) is 19.8 Å². The number of fused-ring (bicyclic) bond motifs is 1. The molecule has 7 nitrogen and oxygen atoms in total. The van der Waals surface area contributed by atoms with Crippen LogP contribution < -0.4 is 4.90 Å². The number of aryl methyl sites for hydroxylation is 2. The number of amides is 3. The average molecular weight is 392 g/mol. The smallest absolute Gasteiger partial charge is 0.313 e. The zero-order valence-electron chi connectivity index (χ0n) is 16.2. The molecule has 0 aromatic heterocycles. The summed E-state index contributed by atoms with van der Waals surface area (Å²) >= 11 is 0. The summed E-state index contributed by atoms with van der Waals surface area (Å²) < 4.78 is 5.23. The van der Waals surface area contributed by atoms with Gasteiger partial charge in [-0.1, -0.05) is 29.8 Å². The van der Waals surface area contributed by atoms with Crippen molar-refractivity contribution in [2.24, 2.45) is 5.92 Å². The Morgan fingerprint density at radius 1 is 1.03 bits per heavy atom. The fourth-order valence-electron chi connectivity index (χ4n) is 3.81. The van der Waals surface area contributed by atoms with Gasteiger partial charge in [0.1, 0.15) is 0 Å². The second-order valence-corrected chi connectivity index (χ2v) is 7.37. The maximum Gasteiger partial charge on any atom is 0.313 e. The molecule has 0 N–H and O–H groups in total. The van der Waals surface area contributed by atoms with Gasteiger partial charge in [-0.15, -0.1) is 0 Å². The Morgan fingerprint density at radius 2 is 1.69 bits per heavy atom. The summed E-state index contributed by atoms with van der Waals surface area (Å²) in [6, 6.07) is 12.2. The van der Waals surface area contributed by atoms with Gasteiger partial charge in [-0.05, 0) is 37.6 Å². The molecule has 1 fully saturated rings. The number of hydrogen-bond donors (Lipinski definition) is 0. The number of ether oxygens (including phenoxy) is 1. The van der Waals surface area contributed by atoms with E-state index in [0.717, 1.165) is 21.7 Å². The van der Waals surface area contributed by atoms with Crippen molar-refractivity contribution in [2.75, 3.05) is 18.2 Å². The SMILES string of the molecule is Cc1ccc(N2C[C@H](C(=O)OCN3C(=O)c4ccccc4C3=O)CC2=O)c(C)c1. The Hall–Kier alpha value is -3.48. The Kier molecular flexibility index (Phi) is 4.66. The fourth-order valence-corrected chi connectivity index (χ4v) is 3.81. The fraction of sp³-hybridized carbons (Fsp3) is 0.273. The van der Waals surface area contributed by atoms with Gasteiger partial charge in [0.25, 0.3) is 11.8 Å². The molecule has 148 valence electrons. The molecule has 0 bridgehead atoms. The van der Waals surface area contributed by atoms with Gasteiger partial charge in [0, 0.05) is 18.7 Å². The lowest BCUT2D eigenvalue weighted by molar-refractivity contribution is -0.151. The van der Waals surface area contributed by atoms with Crippen LogP contribution >= 0.6 is 0 Å². The molecule has 2 aliphatic rings. The number of anilines is 1. The van der Waals surface area contributed by atoms with Crippen LogP contribution in [0.2, 0.25) is 0 Å². The van der Waals surface area contributed by atoms with Crippen molar-refractivity contribution in [3.63, 3.8) is 0 Å².